The molecular weight excluding hydrogens is 427 g/mol. The molecule has 3 aromatic rings. The molecule has 0 aliphatic carbocycles. The van der Waals surface area contributed by atoms with Gasteiger partial charge in [-0.25, -0.2) is 9.37 Å². The average Bonchev–Trinajstić information content (AvgIpc) is 3.48. The van der Waals surface area contributed by atoms with Crippen LogP contribution in [0.3, 0.4) is 0 Å². The molecule has 5 nitrogen and oxygen atoms in total. The molecule has 32 heavy (non-hydrogen) atoms. The van der Waals surface area contributed by atoms with Gasteiger partial charge in [0.2, 0.25) is 5.91 Å². The van der Waals surface area contributed by atoms with Crippen LogP contribution in [0.15, 0.2) is 48.8 Å². The van der Waals surface area contributed by atoms with Crippen molar-refractivity contribution in [2.75, 3.05) is 19.6 Å². The van der Waals surface area contributed by atoms with Crippen molar-refractivity contribution in [1.82, 2.24) is 19.8 Å². The molecule has 2 atom stereocenters. The lowest BCUT2D eigenvalue weighted by Gasteiger charge is -2.29. The van der Waals surface area contributed by atoms with Gasteiger partial charge in [-0.2, -0.15) is 0 Å². The normalized spacial score (nSPS) is 19.9. The van der Waals surface area contributed by atoms with E-state index >= 15 is 0 Å². The van der Waals surface area contributed by atoms with Crippen LogP contribution in [0.1, 0.15) is 43.4 Å². The van der Waals surface area contributed by atoms with Crippen LogP contribution in [-0.2, 0) is 4.79 Å². The lowest BCUT2D eigenvalue weighted by atomic mass is 9.98. The van der Waals surface area contributed by atoms with Crippen LogP contribution in [0.4, 0.5) is 4.39 Å². The minimum atomic E-state index is -0.320. The Morgan fingerprint density at radius 2 is 2.16 bits per heavy atom. The van der Waals surface area contributed by atoms with Crippen LogP contribution >= 0.6 is 11.6 Å². The monoisotopic (exact) mass is 452 g/mol. The van der Waals surface area contributed by atoms with Gasteiger partial charge in [0.25, 0.3) is 0 Å². The van der Waals surface area contributed by atoms with Crippen LogP contribution in [0.5, 0.6) is 0 Å². The van der Waals surface area contributed by atoms with Crippen molar-refractivity contribution in [3.63, 3.8) is 0 Å². The Labute approximate surface area is 191 Å². The van der Waals surface area contributed by atoms with Gasteiger partial charge in [-0.1, -0.05) is 29.8 Å². The molecule has 1 saturated heterocycles. The quantitative estimate of drug-likeness (QED) is 0.618. The summed E-state index contributed by atoms with van der Waals surface area (Å²) >= 11 is 5.92. The molecule has 3 heterocycles. The zero-order valence-corrected chi connectivity index (χ0v) is 18.8. The van der Waals surface area contributed by atoms with Crippen molar-refractivity contribution in [2.45, 2.75) is 38.3 Å². The fourth-order valence-electron chi connectivity index (χ4n) is 4.77. The zero-order chi connectivity index (χ0) is 22.2. The smallest absolute Gasteiger partial charge is 0.239 e. The Morgan fingerprint density at radius 1 is 1.28 bits per heavy atom. The highest BCUT2D eigenvalue weighted by atomic mass is 35.5. The summed E-state index contributed by atoms with van der Waals surface area (Å²) in [5.41, 5.74) is 4.75. The number of imidazole rings is 1. The van der Waals surface area contributed by atoms with Crippen LogP contribution in [-0.4, -0.2) is 46.0 Å². The molecule has 0 bridgehead atoms. The minimum Gasteiger partial charge on any atom is -0.337 e. The van der Waals surface area contributed by atoms with Gasteiger partial charge in [0.15, 0.2) is 0 Å². The predicted molar refractivity (Wildman–Crippen MR) is 125 cm³/mol. The van der Waals surface area contributed by atoms with Crippen molar-refractivity contribution >= 4 is 34.1 Å². The third-order valence-corrected chi connectivity index (χ3v) is 6.89. The number of halogens is 2. The molecule has 1 fully saturated rings. The molecule has 2 aromatic carbocycles. The van der Waals surface area contributed by atoms with Crippen molar-refractivity contribution < 1.29 is 9.18 Å². The molecule has 2 aliphatic rings. The van der Waals surface area contributed by atoms with Crippen molar-refractivity contribution in [1.29, 1.82) is 0 Å². The number of hydrogen-bond donors (Lipinski definition) is 1. The van der Waals surface area contributed by atoms with Crippen molar-refractivity contribution in [3.8, 4) is 0 Å². The summed E-state index contributed by atoms with van der Waals surface area (Å²) in [6, 6.07) is 10.7. The van der Waals surface area contributed by atoms with E-state index in [1.807, 2.05) is 22.5 Å². The summed E-state index contributed by atoms with van der Waals surface area (Å²) < 4.78 is 16.5. The van der Waals surface area contributed by atoms with Gasteiger partial charge in [0.05, 0.1) is 29.4 Å². The Morgan fingerprint density at radius 3 is 2.88 bits per heavy atom. The van der Waals surface area contributed by atoms with Crippen LogP contribution < -0.4 is 5.32 Å². The molecular formula is C25H26ClFN4O. The van der Waals surface area contributed by atoms with Gasteiger partial charge >= 0.3 is 0 Å². The predicted octanol–water partition coefficient (Wildman–Crippen LogP) is 4.81. The second kappa shape index (κ2) is 8.68. The molecule has 2 unspecified atom stereocenters. The maximum atomic E-state index is 14.5. The number of nitrogens with zero attached hydrogens (tertiary/aromatic N) is 3. The van der Waals surface area contributed by atoms with E-state index in [0.717, 1.165) is 48.9 Å². The Balaban J connectivity index is 1.40. The number of amides is 1. The van der Waals surface area contributed by atoms with Crippen molar-refractivity contribution in [3.05, 3.63) is 70.8 Å². The minimum absolute atomic E-state index is 0.0228. The standard InChI is InChI=1S/C25H26ClFN4O/c1-16(20-6-5-19(26)14-21(20)27)31-15-29-22-7-4-18(13-24(22)31)17-8-11-30(12-9-17)25(32)23-3-2-10-28-23/h4-8,13-16,23,28H,2-3,9-12H2,1H3. The second-order valence-corrected chi connectivity index (χ2v) is 9.05. The van der Waals surface area contributed by atoms with Crippen LogP contribution in [0, 0.1) is 5.82 Å². The van der Waals surface area contributed by atoms with Crippen molar-refractivity contribution in [2.24, 2.45) is 0 Å². The molecule has 5 rings (SSSR count). The van der Waals surface area contributed by atoms with Gasteiger partial charge in [-0.05, 0) is 68.1 Å². The van der Waals surface area contributed by atoms with E-state index in [4.69, 9.17) is 11.6 Å². The third-order valence-electron chi connectivity index (χ3n) is 6.65. The van der Waals surface area contributed by atoms with E-state index in [0.29, 0.717) is 17.1 Å². The highest BCUT2D eigenvalue weighted by Crippen LogP contribution is 2.30. The topological polar surface area (TPSA) is 50.2 Å². The first-order valence-electron chi connectivity index (χ1n) is 11.1. The van der Waals surface area contributed by atoms with Gasteiger partial charge in [-0.15, -0.1) is 0 Å². The van der Waals surface area contributed by atoms with Gasteiger partial charge in [0.1, 0.15) is 5.82 Å². The molecule has 1 N–H and O–H groups in total. The molecule has 0 radical (unpaired) electrons. The van der Waals surface area contributed by atoms with E-state index in [9.17, 15) is 9.18 Å². The molecule has 2 aliphatic heterocycles. The number of carbonyl (C=O) groups is 1. The van der Waals surface area contributed by atoms with Crippen LogP contribution in [0.25, 0.3) is 16.6 Å². The third kappa shape index (κ3) is 3.93. The fraction of sp³-hybridized carbons (Fsp3) is 0.360. The van der Waals surface area contributed by atoms with Gasteiger partial charge in [0, 0.05) is 23.7 Å². The Bertz CT molecular complexity index is 1200. The Kier molecular flexibility index (Phi) is 5.74. The van der Waals surface area contributed by atoms with E-state index in [1.165, 1.54) is 11.6 Å². The lowest BCUT2D eigenvalue weighted by molar-refractivity contribution is -0.132. The molecule has 0 saturated carbocycles. The van der Waals surface area contributed by atoms with Gasteiger partial charge in [-0.3, -0.25) is 4.79 Å². The zero-order valence-electron chi connectivity index (χ0n) is 18.0. The summed E-state index contributed by atoms with van der Waals surface area (Å²) in [4.78, 5) is 19.1. The molecule has 7 heteroatoms. The second-order valence-electron chi connectivity index (χ2n) is 8.61. The maximum absolute atomic E-state index is 14.5. The maximum Gasteiger partial charge on any atom is 0.239 e. The van der Waals surface area contributed by atoms with Crippen LogP contribution in [0.2, 0.25) is 5.02 Å². The van der Waals surface area contributed by atoms with E-state index in [-0.39, 0.29) is 23.8 Å². The van der Waals surface area contributed by atoms with E-state index < -0.39 is 0 Å². The molecule has 1 aromatic heterocycles. The largest absolute Gasteiger partial charge is 0.337 e. The Hall–Kier alpha value is -2.70. The number of carbonyl (C=O) groups excluding carboxylic acids is 1. The number of nitrogens with one attached hydrogen (secondary N) is 1. The highest BCUT2D eigenvalue weighted by Gasteiger charge is 2.28. The molecule has 0 spiro atoms. The average molecular weight is 453 g/mol. The first kappa shape index (κ1) is 21.2. The number of aromatic nitrogens is 2. The number of rotatable bonds is 4. The summed E-state index contributed by atoms with van der Waals surface area (Å²) in [6.45, 7) is 4.25. The number of benzene rings is 2. The number of hydrogen-bond acceptors (Lipinski definition) is 3. The summed E-state index contributed by atoms with van der Waals surface area (Å²) in [7, 11) is 0. The lowest BCUT2D eigenvalue weighted by Crippen LogP contribution is -2.45. The summed E-state index contributed by atoms with van der Waals surface area (Å²) in [5, 5.41) is 3.68. The molecule has 166 valence electrons. The number of fused-ring (bicyclic) bond motifs is 1. The highest BCUT2D eigenvalue weighted by molar-refractivity contribution is 6.30. The first-order valence-corrected chi connectivity index (χ1v) is 11.5. The fourth-order valence-corrected chi connectivity index (χ4v) is 4.93. The summed E-state index contributed by atoms with van der Waals surface area (Å²) in [6.07, 6.45) is 6.73. The first-order chi connectivity index (χ1) is 15.5. The van der Waals surface area contributed by atoms with E-state index in [2.05, 4.69) is 28.5 Å². The SMILES string of the molecule is CC(c1ccc(Cl)cc1F)n1cnc2ccc(C3=CCN(C(=O)C4CCCN4)CC3)cc21. The van der Waals surface area contributed by atoms with E-state index in [1.54, 1.807) is 18.5 Å². The molecule has 1 amide bonds. The summed E-state index contributed by atoms with van der Waals surface area (Å²) in [5.74, 6) is -0.107. The van der Waals surface area contributed by atoms with Gasteiger partial charge < -0.3 is 14.8 Å².